The summed E-state index contributed by atoms with van der Waals surface area (Å²) in [6.45, 7) is 4.03. The molecule has 7 nitrogen and oxygen atoms in total. The van der Waals surface area contributed by atoms with Crippen LogP contribution in [0, 0.1) is 6.92 Å². The van der Waals surface area contributed by atoms with Crippen molar-refractivity contribution in [2.45, 2.75) is 43.1 Å². The lowest BCUT2D eigenvalue weighted by atomic mass is 10.2. The molecule has 0 amide bonds. The molecule has 25 heavy (non-hydrogen) atoms. The normalized spacial score (nSPS) is 15.3. The number of rotatable bonds is 6. The van der Waals surface area contributed by atoms with Crippen molar-refractivity contribution in [1.29, 1.82) is 0 Å². The second kappa shape index (κ2) is 6.51. The number of hydrogen-bond acceptors (Lipinski definition) is 7. The van der Waals surface area contributed by atoms with Gasteiger partial charge in [-0.05, 0) is 51.0 Å². The van der Waals surface area contributed by atoms with Crippen LogP contribution in [0.15, 0.2) is 33.8 Å². The fraction of sp³-hybridized carbons (Fsp3) is 0.412. The maximum Gasteiger partial charge on any atom is 0.247 e. The fourth-order valence-corrected chi connectivity index (χ4v) is 3.64. The van der Waals surface area contributed by atoms with E-state index in [0.717, 1.165) is 22.3 Å². The molecule has 0 N–H and O–H groups in total. The number of benzene rings is 1. The number of thioether (sulfide) groups is 1. The molecule has 0 spiro atoms. The first-order valence-electron chi connectivity index (χ1n) is 8.21. The van der Waals surface area contributed by atoms with Crippen molar-refractivity contribution in [2.75, 3.05) is 7.11 Å². The zero-order valence-corrected chi connectivity index (χ0v) is 15.2. The molecule has 2 aromatic heterocycles. The predicted octanol–water partition coefficient (Wildman–Crippen LogP) is 3.83. The van der Waals surface area contributed by atoms with Gasteiger partial charge in [-0.3, -0.25) is 0 Å². The van der Waals surface area contributed by atoms with Gasteiger partial charge in [-0.15, -0.1) is 20.4 Å². The van der Waals surface area contributed by atoms with Gasteiger partial charge in [0.15, 0.2) is 5.16 Å². The average molecular weight is 357 g/mol. The van der Waals surface area contributed by atoms with Crippen LogP contribution in [0.1, 0.15) is 42.8 Å². The molecule has 0 aliphatic heterocycles. The van der Waals surface area contributed by atoms with Crippen molar-refractivity contribution in [3.8, 4) is 17.2 Å². The molecule has 1 aliphatic carbocycles. The van der Waals surface area contributed by atoms with Gasteiger partial charge in [0.25, 0.3) is 0 Å². The first-order valence-corrected chi connectivity index (χ1v) is 9.09. The second-order valence-electron chi connectivity index (χ2n) is 6.06. The lowest BCUT2D eigenvalue weighted by molar-refractivity contribution is 0.415. The maximum absolute atomic E-state index is 5.86. The van der Waals surface area contributed by atoms with E-state index in [9.17, 15) is 0 Å². The van der Waals surface area contributed by atoms with E-state index in [1.807, 2.05) is 38.1 Å². The number of methoxy groups -OCH3 is 1. The van der Waals surface area contributed by atoms with E-state index in [-0.39, 0.29) is 5.25 Å². The third kappa shape index (κ3) is 3.26. The van der Waals surface area contributed by atoms with Gasteiger partial charge in [-0.25, -0.2) is 0 Å². The Hall–Kier alpha value is -2.35. The summed E-state index contributed by atoms with van der Waals surface area (Å²) < 4.78 is 13.2. The molecule has 8 heteroatoms. The topological polar surface area (TPSA) is 78.9 Å². The Bertz CT molecular complexity index is 870. The summed E-state index contributed by atoms with van der Waals surface area (Å²) in [5.41, 5.74) is 0.869. The molecule has 1 saturated carbocycles. The van der Waals surface area contributed by atoms with Crippen LogP contribution in [-0.2, 0) is 0 Å². The summed E-state index contributed by atoms with van der Waals surface area (Å²) >= 11 is 1.60. The van der Waals surface area contributed by atoms with Crippen LogP contribution in [0.25, 0.3) is 11.5 Å². The monoisotopic (exact) mass is 357 g/mol. The van der Waals surface area contributed by atoms with Crippen LogP contribution < -0.4 is 4.74 Å². The van der Waals surface area contributed by atoms with Gasteiger partial charge in [0.1, 0.15) is 11.6 Å². The van der Waals surface area contributed by atoms with Crippen LogP contribution in [0.2, 0.25) is 0 Å². The van der Waals surface area contributed by atoms with Gasteiger partial charge in [-0.1, -0.05) is 11.8 Å². The third-order valence-corrected chi connectivity index (χ3v) is 5.20. The van der Waals surface area contributed by atoms with Crippen LogP contribution in [-0.4, -0.2) is 32.1 Å². The number of nitrogens with zero attached hydrogens (tertiary/aromatic N) is 5. The zero-order chi connectivity index (χ0) is 17.4. The molecule has 0 bridgehead atoms. The SMILES string of the molecule is COc1ccc(-c2nnc([C@@H](C)Sc3nnc(C)n3C3CC3)o2)cc1. The van der Waals surface area contributed by atoms with Crippen molar-refractivity contribution in [1.82, 2.24) is 25.0 Å². The Balaban J connectivity index is 1.51. The highest BCUT2D eigenvalue weighted by Crippen LogP contribution is 2.41. The molecule has 1 aliphatic rings. The largest absolute Gasteiger partial charge is 0.497 e. The van der Waals surface area contributed by atoms with E-state index in [2.05, 4.69) is 25.0 Å². The molecule has 2 heterocycles. The molecule has 0 saturated heterocycles. The summed E-state index contributed by atoms with van der Waals surface area (Å²) in [5, 5.41) is 17.8. The highest BCUT2D eigenvalue weighted by molar-refractivity contribution is 7.99. The molecular formula is C17H19N5O2S. The van der Waals surface area contributed by atoms with E-state index < -0.39 is 0 Å². The molecule has 4 rings (SSSR count). The molecule has 0 radical (unpaired) electrons. The number of ether oxygens (including phenoxy) is 1. The Kier molecular flexibility index (Phi) is 4.20. The first kappa shape index (κ1) is 16.1. The quantitative estimate of drug-likeness (QED) is 0.620. The van der Waals surface area contributed by atoms with Gasteiger partial charge >= 0.3 is 0 Å². The van der Waals surface area contributed by atoms with E-state index >= 15 is 0 Å². The van der Waals surface area contributed by atoms with Gasteiger partial charge < -0.3 is 13.7 Å². The first-order chi connectivity index (χ1) is 12.2. The van der Waals surface area contributed by atoms with Crippen molar-refractivity contribution >= 4 is 11.8 Å². The Morgan fingerprint density at radius 2 is 1.92 bits per heavy atom. The maximum atomic E-state index is 5.86. The Morgan fingerprint density at radius 3 is 2.60 bits per heavy atom. The lowest BCUT2D eigenvalue weighted by Crippen LogP contribution is -2.00. The molecule has 1 aromatic carbocycles. The van der Waals surface area contributed by atoms with E-state index in [4.69, 9.17) is 9.15 Å². The minimum atomic E-state index is 0.000554. The smallest absolute Gasteiger partial charge is 0.247 e. The van der Waals surface area contributed by atoms with Crippen molar-refractivity contribution in [3.05, 3.63) is 36.0 Å². The molecule has 1 fully saturated rings. The molecule has 0 unspecified atom stereocenters. The van der Waals surface area contributed by atoms with E-state index in [1.54, 1.807) is 18.9 Å². The minimum absolute atomic E-state index is 0.000554. The molecule has 1 atom stereocenters. The van der Waals surface area contributed by atoms with Crippen molar-refractivity contribution < 1.29 is 9.15 Å². The predicted molar refractivity (Wildman–Crippen MR) is 93.6 cm³/mol. The summed E-state index contributed by atoms with van der Waals surface area (Å²) in [5.74, 6) is 2.84. The highest BCUT2D eigenvalue weighted by atomic mass is 32.2. The highest BCUT2D eigenvalue weighted by Gasteiger charge is 2.29. The molecule has 130 valence electrons. The number of aryl methyl sites for hydroxylation is 1. The van der Waals surface area contributed by atoms with Crippen LogP contribution >= 0.6 is 11.8 Å². The van der Waals surface area contributed by atoms with Gasteiger partial charge in [0.2, 0.25) is 11.8 Å². The summed E-state index contributed by atoms with van der Waals surface area (Å²) in [7, 11) is 1.64. The van der Waals surface area contributed by atoms with E-state index in [1.165, 1.54) is 12.8 Å². The van der Waals surface area contributed by atoms with Crippen molar-refractivity contribution in [3.63, 3.8) is 0 Å². The third-order valence-electron chi connectivity index (χ3n) is 4.15. The fourth-order valence-electron chi connectivity index (χ4n) is 2.64. The zero-order valence-electron chi connectivity index (χ0n) is 14.3. The summed E-state index contributed by atoms with van der Waals surface area (Å²) in [6, 6.07) is 8.10. The van der Waals surface area contributed by atoms with Gasteiger partial charge in [-0.2, -0.15) is 0 Å². The van der Waals surface area contributed by atoms with Crippen LogP contribution in [0.5, 0.6) is 5.75 Å². The van der Waals surface area contributed by atoms with Crippen molar-refractivity contribution in [2.24, 2.45) is 0 Å². The lowest BCUT2D eigenvalue weighted by Gasteiger charge is -2.09. The van der Waals surface area contributed by atoms with E-state index in [0.29, 0.717) is 17.8 Å². The minimum Gasteiger partial charge on any atom is -0.497 e. The Morgan fingerprint density at radius 1 is 1.16 bits per heavy atom. The summed E-state index contributed by atoms with van der Waals surface area (Å²) in [4.78, 5) is 0. The Labute approximate surface area is 149 Å². The molecular weight excluding hydrogens is 338 g/mol. The summed E-state index contributed by atoms with van der Waals surface area (Å²) in [6.07, 6.45) is 2.39. The van der Waals surface area contributed by atoms with Gasteiger partial charge in [0, 0.05) is 11.6 Å². The number of aromatic nitrogens is 5. The molecule has 3 aromatic rings. The van der Waals surface area contributed by atoms with Gasteiger partial charge in [0.05, 0.1) is 12.4 Å². The average Bonchev–Trinajstić information content (AvgIpc) is 3.21. The van der Waals surface area contributed by atoms with Crippen LogP contribution in [0.4, 0.5) is 0 Å². The van der Waals surface area contributed by atoms with Crippen LogP contribution in [0.3, 0.4) is 0 Å². The second-order valence-corrected chi connectivity index (χ2v) is 7.37. The standard InChI is InChI=1S/C17H19N5O2S/c1-10(25-17-21-18-11(2)22(17)13-6-7-13)15-19-20-16(24-15)12-4-8-14(23-3)9-5-12/h4-5,8-10,13H,6-7H2,1-3H3/t10-/m1/s1. The number of hydrogen-bond donors (Lipinski definition) is 0.